The van der Waals surface area contributed by atoms with Crippen LogP contribution in [-0.2, 0) is 7.05 Å². The highest BCUT2D eigenvalue weighted by Crippen LogP contribution is 2.32. The van der Waals surface area contributed by atoms with Gasteiger partial charge in [0.05, 0.1) is 10.7 Å². The molecule has 0 N–H and O–H groups in total. The van der Waals surface area contributed by atoms with Crippen molar-refractivity contribution in [2.75, 3.05) is 12.3 Å². The molecule has 0 saturated carbocycles. The maximum atomic E-state index is 13.0. The molecule has 0 radical (unpaired) electrons. The molecule has 4 nitrogen and oxygen atoms in total. The zero-order valence-corrected chi connectivity index (χ0v) is 14.2. The summed E-state index contributed by atoms with van der Waals surface area (Å²) >= 11 is 1.65. The average Bonchev–Trinajstić information content (AvgIpc) is 3.08. The molecule has 120 valence electrons. The number of halogens is 1. The number of rotatable bonds is 2. The molecule has 1 aromatic heterocycles. The molecule has 1 saturated heterocycles. The van der Waals surface area contributed by atoms with Crippen molar-refractivity contribution in [2.24, 2.45) is 7.05 Å². The number of hydrogen-bond acceptors (Lipinski definition) is 3. The van der Waals surface area contributed by atoms with Gasteiger partial charge in [-0.2, -0.15) is 5.10 Å². The van der Waals surface area contributed by atoms with E-state index in [1.165, 1.54) is 24.3 Å². The molecule has 0 aliphatic carbocycles. The second kappa shape index (κ2) is 6.20. The minimum Gasteiger partial charge on any atom is -0.302 e. The lowest BCUT2D eigenvalue weighted by Crippen LogP contribution is -2.26. The van der Waals surface area contributed by atoms with Crippen LogP contribution in [0.25, 0.3) is 6.08 Å². The number of hydrogen-bond donors (Lipinski definition) is 0. The SMILES string of the molecule is Cc1nn(C)c(C)c1/C=C1/SCCN1C(=O)c1ccc(F)cc1. The van der Waals surface area contributed by atoms with E-state index in [0.29, 0.717) is 12.1 Å². The van der Waals surface area contributed by atoms with Gasteiger partial charge in [-0.15, -0.1) is 11.8 Å². The summed E-state index contributed by atoms with van der Waals surface area (Å²) in [7, 11) is 1.91. The Morgan fingerprint density at radius 2 is 2.00 bits per heavy atom. The van der Waals surface area contributed by atoms with Crippen LogP contribution in [0.4, 0.5) is 4.39 Å². The van der Waals surface area contributed by atoms with Crippen LogP contribution < -0.4 is 0 Å². The van der Waals surface area contributed by atoms with Crippen molar-refractivity contribution < 1.29 is 9.18 Å². The molecule has 1 aromatic carbocycles. The number of thioether (sulfide) groups is 1. The maximum Gasteiger partial charge on any atom is 0.258 e. The second-order valence-electron chi connectivity index (χ2n) is 5.50. The number of nitrogens with zero attached hydrogens (tertiary/aromatic N) is 3. The van der Waals surface area contributed by atoms with Crippen LogP contribution in [0.3, 0.4) is 0 Å². The van der Waals surface area contributed by atoms with Crippen LogP contribution in [0.5, 0.6) is 0 Å². The zero-order valence-electron chi connectivity index (χ0n) is 13.3. The van der Waals surface area contributed by atoms with Crippen molar-refractivity contribution in [1.29, 1.82) is 0 Å². The molecule has 0 unspecified atom stereocenters. The third-order valence-corrected chi connectivity index (χ3v) is 5.02. The van der Waals surface area contributed by atoms with E-state index in [0.717, 1.165) is 27.7 Å². The predicted molar refractivity (Wildman–Crippen MR) is 90.6 cm³/mol. The quantitative estimate of drug-likeness (QED) is 0.847. The van der Waals surface area contributed by atoms with E-state index in [1.54, 1.807) is 16.7 Å². The molecule has 1 amide bonds. The van der Waals surface area contributed by atoms with Crippen LogP contribution in [0, 0.1) is 19.7 Å². The average molecular weight is 331 g/mol. The highest BCUT2D eigenvalue weighted by atomic mass is 32.2. The van der Waals surface area contributed by atoms with Crippen LogP contribution >= 0.6 is 11.8 Å². The standard InChI is InChI=1S/C17H18FN3OS/c1-11-15(12(2)20(3)19-11)10-16-21(8-9-23-16)17(22)13-4-6-14(18)7-5-13/h4-7,10H,8-9H2,1-3H3/b16-10+. The Morgan fingerprint density at radius 3 is 2.61 bits per heavy atom. The summed E-state index contributed by atoms with van der Waals surface area (Å²) in [5.74, 6) is 0.423. The van der Waals surface area contributed by atoms with Gasteiger partial charge in [-0.3, -0.25) is 9.48 Å². The van der Waals surface area contributed by atoms with Gasteiger partial charge in [-0.1, -0.05) is 0 Å². The molecular weight excluding hydrogens is 313 g/mol. The van der Waals surface area contributed by atoms with Crippen molar-refractivity contribution in [3.8, 4) is 0 Å². The van der Waals surface area contributed by atoms with Gasteiger partial charge in [0.1, 0.15) is 5.82 Å². The first-order chi connectivity index (χ1) is 11.0. The van der Waals surface area contributed by atoms with Crippen molar-refractivity contribution in [3.63, 3.8) is 0 Å². The van der Waals surface area contributed by atoms with Crippen LogP contribution in [0.1, 0.15) is 27.3 Å². The molecule has 3 rings (SSSR count). The van der Waals surface area contributed by atoms with Crippen LogP contribution in [0.15, 0.2) is 29.3 Å². The van der Waals surface area contributed by atoms with E-state index in [-0.39, 0.29) is 11.7 Å². The number of aryl methyl sites for hydroxylation is 2. The van der Waals surface area contributed by atoms with Crippen LogP contribution in [-0.4, -0.2) is 32.9 Å². The fraction of sp³-hybridized carbons (Fsp3) is 0.294. The van der Waals surface area contributed by atoms with Gasteiger partial charge in [-0.25, -0.2) is 4.39 Å². The van der Waals surface area contributed by atoms with Crippen molar-refractivity contribution in [2.45, 2.75) is 13.8 Å². The number of carbonyl (C=O) groups excluding carboxylic acids is 1. The lowest BCUT2D eigenvalue weighted by Gasteiger charge is -2.17. The van der Waals surface area contributed by atoms with E-state index < -0.39 is 0 Å². The van der Waals surface area contributed by atoms with Gasteiger partial charge < -0.3 is 4.90 Å². The molecular formula is C17H18FN3OS. The maximum absolute atomic E-state index is 13.0. The number of benzene rings is 1. The first-order valence-electron chi connectivity index (χ1n) is 7.39. The summed E-state index contributed by atoms with van der Waals surface area (Å²) in [6, 6.07) is 5.68. The van der Waals surface area contributed by atoms with E-state index in [2.05, 4.69) is 5.10 Å². The first kappa shape index (κ1) is 15.8. The van der Waals surface area contributed by atoms with Gasteiger partial charge in [0, 0.05) is 36.2 Å². The highest BCUT2D eigenvalue weighted by Gasteiger charge is 2.26. The predicted octanol–water partition coefficient (Wildman–Crippen LogP) is 3.36. The minimum atomic E-state index is -0.338. The summed E-state index contributed by atoms with van der Waals surface area (Å²) in [6.45, 7) is 4.63. The fourth-order valence-electron chi connectivity index (χ4n) is 2.62. The summed E-state index contributed by atoms with van der Waals surface area (Å²) in [4.78, 5) is 14.4. The molecule has 6 heteroatoms. The molecule has 23 heavy (non-hydrogen) atoms. The molecule has 0 spiro atoms. The number of carbonyl (C=O) groups is 1. The normalized spacial score (nSPS) is 16.3. The lowest BCUT2D eigenvalue weighted by molar-refractivity contribution is 0.0831. The molecule has 1 aliphatic heterocycles. The smallest absolute Gasteiger partial charge is 0.258 e. The van der Waals surface area contributed by atoms with Crippen LogP contribution in [0.2, 0.25) is 0 Å². The Bertz CT molecular complexity index is 780. The largest absolute Gasteiger partial charge is 0.302 e. The molecule has 1 aliphatic rings. The minimum absolute atomic E-state index is 0.0968. The topological polar surface area (TPSA) is 38.1 Å². The number of amides is 1. The number of aromatic nitrogens is 2. The Labute approximate surface area is 139 Å². The van der Waals surface area contributed by atoms with E-state index in [1.807, 2.05) is 31.7 Å². The Hall–Kier alpha value is -2.08. The zero-order chi connectivity index (χ0) is 16.6. The molecule has 2 aromatic rings. The third kappa shape index (κ3) is 3.03. The van der Waals surface area contributed by atoms with Gasteiger partial charge in [0.2, 0.25) is 0 Å². The summed E-state index contributed by atoms with van der Waals surface area (Å²) in [6.07, 6.45) is 2.02. The molecule has 0 atom stereocenters. The first-order valence-corrected chi connectivity index (χ1v) is 8.38. The lowest BCUT2D eigenvalue weighted by atomic mass is 10.1. The van der Waals surface area contributed by atoms with Gasteiger partial charge in [0.25, 0.3) is 5.91 Å². The van der Waals surface area contributed by atoms with E-state index >= 15 is 0 Å². The van der Waals surface area contributed by atoms with Crippen molar-refractivity contribution >= 4 is 23.7 Å². The third-order valence-electron chi connectivity index (χ3n) is 4.00. The summed E-state index contributed by atoms with van der Waals surface area (Å²) in [5, 5.41) is 5.32. The van der Waals surface area contributed by atoms with E-state index in [9.17, 15) is 9.18 Å². The Kier molecular flexibility index (Phi) is 4.26. The second-order valence-corrected chi connectivity index (χ2v) is 6.62. The van der Waals surface area contributed by atoms with Gasteiger partial charge in [0.15, 0.2) is 0 Å². The summed E-state index contributed by atoms with van der Waals surface area (Å²) in [5.41, 5.74) is 3.56. The molecule has 1 fully saturated rings. The Morgan fingerprint density at radius 1 is 1.30 bits per heavy atom. The van der Waals surface area contributed by atoms with E-state index in [4.69, 9.17) is 0 Å². The molecule has 0 bridgehead atoms. The highest BCUT2D eigenvalue weighted by molar-refractivity contribution is 8.03. The monoisotopic (exact) mass is 331 g/mol. The van der Waals surface area contributed by atoms with Crippen molar-refractivity contribution in [3.05, 3.63) is 57.6 Å². The van der Waals surface area contributed by atoms with Crippen molar-refractivity contribution in [1.82, 2.24) is 14.7 Å². The fourth-order valence-corrected chi connectivity index (χ4v) is 3.64. The van der Waals surface area contributed by atoms with Gasteiger partial charge >= 0.3 is 0 Å². The molecule has 2 heterocycles. The van der Waals surface area contributed by atoms with Gasteiger partial charge in [-0.05, 0) is 44.2 Å². The Balaban J connectivity index is 1.92. The summed E-state index contributed by atoms with van der Waals surface area (Å²) < 4.78 is 14.9.